The average Bonchev–Trinajstić information content (AvgIpc) is 2.04. The first-order chi connectivity index (χ1) is 5.72. The van der Waals surface area contributed by atoms with Crippen molar-refractivity contribution in [1.82, 2.24) is 0 Å². The third-order valence-corrected chi connectivity index (χ3v) is 1.52. The lowest BCUT2D eigenvalue weighted by Crippen LogP contribution is -2.02. The van der Waals surface area contributed by atoms with Crippen LogP contribution in [-0.2, 0) is 4.84 Å². The molecule has 1 rings (SSSR count). The highest BCUT2D eigenvalue weighted by atomic mass is 35.5. The second-order valence-electron chi connectivity index (χ2n) is 2.15. The highest BCUT2D eigenvalue weighted by Gasteiger charge is 1.95. The van der Waals surface area contributed by atoms with E-state index in [0.717, 1.165) is 0 Å². The van der Waals surface area contributed by atoms with E-state index in [0.29, 0.717) is 15.5 Å². The van der Waals surface area contributed by atoms with Gasteiger partial charge in [-0.05, 0) is 18.2 Å². The fourth-order valence-corrected chi connectivity index (χ4v) is 0.960. The Balaban J connectivity index is 2.89. The predicted octanol–water partition coefficient (Wildman–Crippen LogP) is 1.83. The van der Waals surface area contributed by atoms with Gasteiger partial charge >= 0.3 is 0 Å². The SMILES string of the molecule is CO/[N+]([O-])=C/c1cccc(Cl)c1. The van der Waals surface area contributed by atoms with Gasteiger partial charge in [0.05, 0.1) is 0 Å². The Morgan fingerprint density at radius 1 is 1.58 bits per heavy atom. The molecule has 3 nitrogen and oxygen atoms in total. The van der Waals surface area contributed by atoms with E-state index in [1.807, 2.05) is 0 Å². The van der Waals surface area contributed by atoms with Gasteiger partial charge in [0.1, 0.15) is 0 Å². The second kappa shape index (κ2) is 3.97. The number of nitrogens with zero attached hydrogens (tertiary/aromatic N) is 1. The number of hydrogen-bond acceptors (Lipinski definition) is 2. The van der Waals surface area contributed by atoms with Crippen molar-refractivity contribution in [2.45, 2.75) is 0 Å². The Hall–Kier alpha value is -1.22. The van der Waals surface area contributed by atoms with Crippen LogP contribution in [-0.4, -0.2) is 18.2 Å². The van der Waals surface area contributed by atoms with Crippen molar-refractivity contribution in [3.05, 3.63) is 40.1 Å². The van der Waals surface area contributed by atoms with Crippen LogP contribution in [0.5, 0.6) is 0 Å². The molecule has 0 bridgehead atoms. The molecule has 0 aliphatic rings. The topological polar surface area (TPSA) is 35.3 Å². The lowest BCUT2D eigenvalue weighted by Gasteiger charge is -1.96. The van der Waals surface area contributed by atoms with Crippen molar-refractivity contribution in [2.24, 2.45) is 0 Å². The van der Waals surface area contributed by atoms with Crippen LogP contribution in [0.25, 0.3) is 0 Å². The minimum atomic E-state index is 0.367. The summed E-state index contributed by atoms with van der Waals surface area (Å²) in [5.41, 5.74) is 0.708. The van der Waals surface area contributed by atoms with Crippen molar-refractivity contribution >= 4 is 17.8 Å². The Morgan fingerprint density at radius 3 is 2.92 bits per heavy atom. The third kappa shape index (κ3) is 2.43. The number of rotatable bonds is 2. The van der Waals surface area contributed by atoms with Crippen molar-refractivity contribution < 1.29 is 9.74 Å². The summed E-state index contributed by atoms with van der Waals surface area (Å²) in [6, 6.07) is 6.93. The van der Waals surface area contributed by atoms with Gasteiger partial charge in [-0.3, -0.25) is 5.21 Å². The van der Waals surface area contributed by atoms with Crippen molar-refractivity contribution in [3.8, 4) is 0 Å². The van der Waals surface area contributed by atoms with Crippen molar-refractivity contribution in [1.29, 1.82) is 0 Å². The molecule has 0 radical (unpaired) electrons. The summed E-state index contributed by atoms with van der Waals surface area (Å²) in [6.45, 7) is 0. The summed E-state index contributed by atoms with van der Waals surface area (Å²) < 4.78 is 0. The van der Waals surface area contributed by atoms with Crippen LogP contribution in [0.1, 0.15) is 5.56 Å². The highest BCUT2D eigenvalue weighted by molar-refractivity contribution is 6.30. The van der Waals surface area contributed by atoms with Crippen LogP contribution >= 0.6 is 11.6 Å². The molecule has 4 heteroatoms. The fourth-order valence-electron chi connectivity index (χ4n) is 0.761. The molecule has 0 heterocycles. The molecule has 0 fully saturated rings. The van der Waals surface area contributed by atoms with Crippen LogP contribution in [0.4, 0.5) is 0 Å². The van der Waals surface area contributed by atoms with E-state index < -0.39 is 0 Å². The lowest BCUT2D eigenvalue weighted by atomic mass is 10.2. The third-order valence-electron chi connectivity index (χ3n) is 1.28. The zero-order valence-corrected chi connectivity index (χ0v) is 7.28. The minimum Gasteiger partial charge on any atom is -0.407 e. The van der Waals surface area contributed by atoms with Crippen LogP contribution in [0, 0.1) is 5.21 Å². The Labute approximate surface area is 75.4 Å². The molecule has 1 aromatic rings. The molecule has 0 unspecified atom stereocenters. The zero-order valence-electron chi connectivity index (χ0n) is 6.53. The molecule has 0 spiro atoms. The van der Waals surface area contributed by atoms with Crippen molar-refractivity contribution in [3.63, 3.8) is 0 Å². The predicted molar refractivity (Wildman–Crippen MR) is 47.3 cm³/mol. The van der Waals surface area contributed by atoms with Crippen LogP contribution in [0.3, 0.4) is 0 Å². The average molecular weight is 186 g/mol. The summed E-state index contributed by atoms with van der Waals surface area (Å²) in [4.78, 5) is 4.74. The quantitative estimate of drug-likeness (QED) is 0.400. The monoisotopic (exact) mass is 185 g/mol. The van der Waals surface area contributed by atoms with E-state index in [1.54, 1.807) is 24.3 Å². The Bertz CT molecular complexity index is 299. The van der Waals surface area contributed by atoms with E-state index in [1.165, 1.54) is 13.3 Å². The van der Waals surface area contributed by atoms with Crippen molar-refractivity contribution in [2.75, 3.05) is 7.11 Å². The molecular weight excluding hydrogens is 178 g/mol. The first kappa shape index (κ1) is 8.87. The number of hydrogen-bond donors (Lipinski definition) is 0. The van der Waals surface area contributed by atoms with E-state index in [2.05, 4.69) is 4.84 Å². The molecule has 0 aliphatic carbocycles. The zero-order chi connectivity index (χ0) is 8.97. The fraction of sp³-hybridized carbons (Fsp3) is 0.125. The van der Waals surface area contributed by atoms with Gasteiger partial charge < -0.3 is 4.84 Å². The maximum absolute atomic E-state index is 10.7. The molecule has 0 atom stereocenters. The largest absolute Gasteiger partial charge is 0.407 e. The summed E-state index contributed by atoms with van der Waals surface area (Å²) in [5.74, 6) is 0. The molecule has 0 aromatic heterocycles. The first-order valence-electron chi connectivity index (χ1n) is 3.33. The normalized spacial score (nSPS) is 11.3. The molecule has 0 aliphatic heterocycles. The number of benzene rings is 1. The van der Waals surface area contributed by atoms with Gasteiger partial charge in [0.25, 0.3) is 0 Å². The number of halogens is 1. The molecule has 1 aromatic carbocycles. The van der Waals surface area contributed by atoms with Gasteiger partial charge in [-0.15, -0.1) is 0 Å². The molecule has 12 heavy (non-hydrogen) atoms. The van der Waals surface area contributed by atoms with Crippen LogP contribution in [0.15, 0.2) is 24.3 Å². The molecule has 0 N–H and O–H groups in total. The second-order valence-corrected chi connectivity index (χ2v) is 2.59. The van der Waals surface area contributed by atoms with Crippen LogP contribution in [0.2, 0.25) is 5.02 Å². The summed E-state index contributed by atoms with van der Waals surface area (Å²) >= 11 is 5.69. The maximum Gasteiger partial charge on any atom is 0.240 e. The summed E-state index contributed by atoms with van der Waals surface area (Å²) in [5, 5.41) is 11.3. The van der Waals surface area contributed by atoms with Gasteiger partial charge in [0.15, 0.2) is 0 Å². The summed E-state index contributed by atoms with van der Waals surface area (Å²) in [6.07, 6.45) is 1.30. The standard InChI is InChI=1S/C8H8ClNO2/c1-12-10(11)6-7-3-2-4-8(9)5-7/h2-6H,1H3/b10-6+. The molecule has 0 amide bonds. The van der Waals surface area contributed by atoms with Gasteiger partial charge in [-0.1, -0.05) is 17.7 Å². The van der Waals surface area contributed by atoms with E-state index in [-0.39, 0.29) is 0 Å². The Morgan fingerprint density at radius 2 is 2.33 bits per heavy atom. The lowest BCUT2D eigenvalue weighted by molar-refractivity contribution is -0.729. The maximum atomic E-state index is 10.7. The first-order valence-corrected chi connectivity index (χ1v) is 3.71. The van der Waals surface area contributed by atoms with Gasteiger partial charge in [-0.2, -0.15) is 0 Å². The Kier molecular flexibility index (Phi) is 2.94. The van der Waals surface area contributed by atoms with Crippen LogP contribution < -0.4 is 0 Å². The molecule has 64 valence electrons. The van der Waals surface area contributed by atoms with Gasteiger partial charge in [0, 0.05) is 22.6 Å². The molecular formula is C8H8ClNO2. The van der Waals surface area contributed by atoms with E-state index >= 15 is 0 Å². The van der Waals surface area contributed by atoms with Gasteiger partial charge in [-0.25, -0.2) is 0 Å². The molecule has 0 saturated heterocycles. The van der Waals surface area contributed by atoms with E-state index in [4.69, 9.17) is 11.6 Å². The smallest absolute Gasteiger partial charge is 0.240 e. The van der Waals surface area contributed by atoms with E-state index in [9.17, 15) is 5.21 Å². The highest BCUT2D eigenvalue weighted by Crippen LogP contribution is 2.08. The van der Waals surface area contributed by atoms with Gasteiger partial charge in [0.2, 0.25) is 6.21 Å². The minimum absolute atomic E-state index is 0.367. The molecule has 0 saturated carbocycles. The summed E-state index contributed by atoms with van der Waals surface area (Å²) in [7, 11) is 1.30.